The first-order chi connectivity index (χ1) is 13.5. The molecule has 7 nitrogen and oxygen atoms in total. The van der Waals surface area contributed by atoms with E-state index < -0.39 is 0 Å². The Bertz CT molecular complexity index is 636. The topological polar surface area (TPSA) is 69.2 Å². The quantitative estimate of drug-likeness (QED) is 0.311. The molecule has 0 aliphatic carbocycles. The van der Waals surface area contributed by atoms with E-state index in [4.69, 9.17) is 4.74 Å². The summed E-state index contributed by atoms with van der Waals surface area (Å²) in [5.74, 6) is 0.310. The van der Waals surface area contributed by atoms with Crippen molar-refractivity contribution in [3.63, 3.8) is 0 Å². The SMILES string of the molecule is CCCNC(=NCC(=O)N(C)C)NCC(c1ccc(F)cc1)N1CCOCC1.I. The summed E-state index contributed by atoms with van der Waals surface area (Å²) in [4.78, 5) is 20.1. The number of hydrogen-bond acceptors (Lipinski definition) is 4. The lowest BCUT2D eigenvalue weighted by molar-refractivity contribution is -0.127. The Labute approximate surface area is 190 Å². The Kier molecular flexibility index (Phi) is 12.1. The van der Waals surface area contributed by atoms with Gasteiger partial charge in [0.05, 0.1) is 19.3 Å². The molecule has 2 rings (SSSR count). The van der Waals surface area contributed by atoms with Crippen molar-refractivity contribution in [3.8, 4) is 0 Å². The average Bonchev–Trinajstić information content (AvgIpc) is 2.71. The van der Waals surface area contributed by atoms with Crippen LogP contribution in [0.25, 0.3) is 0 Å². The van der Waals surface area contributed by atoms with Crippen molar-refractivity contribution in [1.82, 2.24) is 20.4 Å². The fourth-order valence-electron chi connectivity index (χ4n) is 2.93. The highest BCUT2D eigenvalue weighted by Crippen LogP contribution is 2.21. The number of nitrogens with zero attached hydrogens (tertiary/aromatic N) is 3. The van der Waals surface area contributed by atoms with Crippen LogP contribution in [0.4, 0.5) is 4.39 Å². The number of benzene rings is 1. The Morgan fingerprint density at radius 3 is 2.48 bits per heavy atom. The summed E-state index contributed by atoms with van der Waals surface area (Å²) in [6.07, 6.45) is 0.952. The summed E-state index contributed by atoms with van der Waals surface area (Å²) in [5.41, 5.74) is 1.04. The van der Waals surface area contributed by atoms with Gasteiger partial charge in [-0.05, 0) is 24.1 Å². The molecule has 1 aliphatic heterocycles. The molecule has 29 heavy (non-hydrogen) atoms. The molecular formula is C20H33FIN5O2. The fourth-order valence-corrected chi connectivity index (χ4v) is 2.93. The number of rotatable bonds is 8. The van der Waals surface area contributed by atoms with E-state index in [1.165, 1.54) is 17.0 Å². The summed E-state index contributed by atoms with van der Waals surface area (Å²) < 4.78 is 18.8. The lowest BCUT2D eigenvalue weighted by Gasteiger charge is -2.35. The molecule has 1 aliphatic rings. The van der Waals surface area contributed by atoms with Crippen LogP contribution in [0.5, 0.6) is 0 Å². The monoisotopic (exact) mass is 521 g/mol. The molecule has 0 bridgehead atoms. The zero-order valence-electron chi connectivity index (χ0n) is 17.5. The lowest BCUT2D eigenvalue weighted by Crippen LogP contribution is -2.46. The van der Waals surface area contributed by atoms with Gasteiger partial charge in [0, 0.05) is 40.3 Å². The second-order valence-electron chi connectivity index (χ2n) is 6.98. The second-order valence-corrected chi connectivity index (χ2v) is 6.98. The van der Waals surface area contributed by atoms with Crippen molar-refractivity contribution in [3.05, 3.63) is 35.6 Å². The highest BCUT2D eigenvalue weighted by molar-refractivity contribution is 14.0. The molecule has 0 aromatic heterocycles. The van der Waals surface area contributed by atoms with E-state index in [1.54, 1.807) is 14.1 Å². The van der Waals surface area contributed by atoms with Gasteiger partial charge >= 0.3 is 0 Å². The van der Waals surface area contributed by atoms with Gasteiger partial charge in [0.1, 0.15) is 12.4 Å². The molecule has 0 radical (unpaired) electrons. The van der Waals surface area contributed by atoms with E-state index in [1.807, 2.05) is 12.1 Å². The number of hydrogen-bond donors (Lipinski definition) is 2. The van der Waals surface area contributed by atoms with E-state index >= 15 is 0 Å². The summed E-state index contributed by atoms with van der Waals surface area (Å²) >= 11 is 0. The van der Waals surface area contributed by atoms with Crippen molar-refractivity contribution in [2.45, 2.75) is 19.4 Å². The number of amides is 1. The first kappa shape index (κ1) is 25.6. The van der Waals surface area contributed by atoms with Gasteiger partial charge in [0.25, 0.3) is 0 Å². The van der Waals surface area contributed by atoms with E-state index in [-0.39, 0.29) is 48.3 Å². The molecule has 1 aromatic carbocycles. The third-order valence-corrected chi connectivity index (χ3v) is 4.62. The van der Waals surface area contributed by atoms with Crippen LogP contribution < -0.4 is 10.6 Å². The molecule has 1 aromatic rings. The van der Waals surface area contributed by atoms with Gasteiger partial charge in [-0.2, -0.15) is 0 Å². The van der Waals surface area contributed by atoms with Crippen LogP contribution in [0.3, 0.4) is 0 Å². The van der Waals surface area contributed by atoms with Gasteiger partial charge in [-0.15, -0.1) is 24.0 Å². The lowest BCUT2D eigenvalue weighted by atomic mass is 10.0. The molecule has 2 N–H and O–H groups in total. The fraction of sp³-hybridized carbons (Fsp3) is 0.600. The van der Waals surface area contributed by atoms with Gasteiger partial charge < -0.3 is 20.3 Å². The zero-order chi connectivity index (χ0) is 20.4. The number of nitrogens with one attached hydrogen (secondary N) is 2. The molecule has 9 heteroatoms. The van der Waals surface area contributed by atoms with Crippen molar-refractivity contribution in [1.29, 1.82) is 0 Å². The number of guanidine groups is 1. The minimum Gasteiger partial charge on any atom is -0.379 e. The van der Waals surface area contributed by atoms with Crippen LogP contribution >= 0.6 is 24.0 Å². The number of halogens is 2. The Morgan fingerprint density at radius 1 is 1.24 bits per heavy atom. The van der Waals surface area contributed by atoms with Gasteiger partial charge in [-0.25, -0.2) is 9.38 Å². The highest BCUT2D eigenvalue weighted by Gasteiger charge is 2.23. The van der Waals surface area contributed by atoms with Gasteiger partial charge in [0.2, 0.25) is 5.91 Å². The molecule has 0 saturated carbocycles. The molecule has 1 unspecified atom stereocenters. The average molecular weight is 521 g/mol. The predicted octanol–water partition coefficient (Wildman–Crippen LogP) is 1.85. The maximum atomic E-state index is 13.4. The molecule has 0 spiro atoms. The van der Waals surface area contributed by atoms with E-state index in [0.717, 1.165) is 31.6 Å². The number of carbonyl (C=O) groups excluding carboxylic acids is 1. The highest BCUT2D eigenvalue weighted by atomic mass is 127. The summed E-state index contributed by atoms with van der Waals surface area (Å²) in [5, 5.41) is 6.60. The maximum Gasteiger partial charge on any atom is 0.243 e. The number of aliphatic imine (C=N–C) groups is 1. The number of carbonyl (C=O) groups is 1. The maximum absolute atomic E-state index is 13.4. The van der Waals surface area contributed by atoms with E-state index in [0.29, 0.717) is 25.7 Å². The second kappa shape index (κ2) is 13.7. The van der Waals surface area contributed by atoms with Crippen LogP contribution in [-0.4, -0.2) is 81.7 Å². The Morgan fingerprint density at radius 2 is 1.90 bits per heavy atom. The predicted molar refractivity (Wildman–Crippen MR) is 124 cm³/mol. The van der Waals surface area contributed by atoms with Crippen LogP contribution in [0.1, 0.15) is 24.9 Å². The van der Waals surface area contributed by atoms with Crippen molar-refractivity contribution >= 4 is 35.8 Å². The van der Waals surface area contributed by atoms with Crippen LogP contribution in [0.15, 0.2) is 29.3 Å². The number of likely N-dealkylation sites (N-methyl/N-ethyl adjacent to an activating group) is 1. The number of morpholine rings is 1. The van der Waals surface area contributed by atoms with Crippen molar-refractivity contribution in [2.24, 2.45) is 4.99 Å². The number of ether oxygens (including phenoxy) is 1. The molecule has 164 valence electrons. The molecule has 1 atom stereocenters. The molecule has 1 amide bonds. The smallest absolute Gasteiger partial charge is 0.243 e. The Hall–Kier alpha value is -1.46. The summed E-state index contributed by atoms with van der Waals surface area (Å²) in [6.45, 7) is 6.52. The van der Waals surface area contributed by atoms with Crippen molar-refractivity contribution < 1.29 is 13.9 Å². The first-order valence-corrected chi connectivity index (χ1v) is 9.81. The Balaban J connectivity index is 0.00000420. The van der Waals surface area contributed by atoms with Crippen molar-refractivity contribution in [2.75, 3.05) is 60.0 Å². The summed E-state index contributed by atoms with van der Waals surface area (Å²) in [7, 11) is 3.43. The van der Waals surface area contributed by atoms with E-state index in [9.17, 15) is 9.18 Å². The van der Waals surface area contributed by atoms with Gasteiger partial charge in [-0.1, -0.05) is 19.1 Å². The molecule has 1 saturated heterocycles. The minimum absolute atomic E-state index is 0. The van der Waals surface area contributed by atoms with Crippen LogP contribution in [0.2, 0.25) is 0 Å². The largest absolute Gasteiger partial charge is 0.379 e. The standard InChI is InChI=1S/C20H32FN5O2.HI/c1-4-9-22-20(24-15-19(27)25(2)3)23-14-18(26-10-12-28-13-11-26)16-5-7-17(21)8-6-16;/h5-8,18H,4,9-15H2,1-3H3,(H2,22,23,24);1H. The van der Waals surface area contributed by atoms with Crippen LogP contribution in [0, 0.1) is 5.82 Å². The minimum atomic E-state index is -0.244. The summed E-state index contributed by atoms with van der Waals surface area (Å²) in [6, 6.07) is 6.68. The van der Waals surface area contributed by atoms with Crippen LogP contribution in [-0.2, 0) is 9.53 Å². The molecule has 1 fully saturated rings. The van der Waals surface area contributed by atoms with E-state index in [2.05, 4.69) is 27.4 Å². The van der Waals surface area contributed by atoms with Gasteiger partial charge in [0.15, 0.2) is 5.96 Å². The normalized spacial score (nSPS) is 15.9. The zero-order valence-corrected chi connectivity index (χ0v) is 19.8. The third kappa shape index (κ3) is 8.83. The third-order valence-electron chi connectivity index (χ3n) is 4.62. The first-order valence-electron chi connectivity index (χ1n) is 9.81. The molecule has 1 heterocycles. The molecular weight excluding hydrogens is 488 g/mol. The van der Waals surface area contributed by atoms with Gasteiger partial charge in [-0.3, -0.25) is 9.69 Å².